The lowest BCUT2D eigenvalue weighted by Crippen LogP contribution is -2.59. The molecule has 23 heavy (non-hydrogen) atoms. The van der Waals surface area contributed by atoms with Crippen molar-refractivity contribution in [2.45, 2.75) is 56.4 Å². The largest absolute Gasteiger partial charge is 0.494 e. The number of benzene rings is 1. The van der Waals surface area contributed by atoms with Crippen LogP contribution in [0.5, 0.6) is 5.75 Å². The van der Waals surface area contributed by atoms with Gasteiger partial charge in [0.2, 0.25) is 0 Å². The molecule has 2 fully saturated rings. The molecule has 3 unspecified atom stereocenters. The van der Waals surface area contributed by atoms with E-state index in [1.54, 1.807) is 11.1 Å². The average molecular weight is 356 g/mol. The summed E-state index contributed by atoms with van der Waals surface area (Å²) in [4.78, 5) is 0. The van der Waals surface area contributed by atoms with Gasteiger partial charge in [-0.15, -0.1) is 24.0 Å². The molecule has 0 radical (unpaired) electrons. The van der Waals surface area contributed by atoms with E-state index in [1.807, 2.05) is 0 Å². The molecule has 3 aliphatic rings. The standard InChI is InChI=1S/C19H26ClNO.ClH/c20-9-3-11-22-15-6-5-14-12-18-16-4-1-2-7-19(16,8-10-21-18)17(14)13-15;/h5-6,13,16,18,21H,1-4,7-12H2;1H. The predicted octanol–water partition coefficient (Wildman–Crippen LogP) is 4.46. The number of ether oxygens (including phenoxy) is 1. The van der Waals surface area contributed by atoms with Crippen molar-refractivity contribution in [1.29, 1.82) is 0 Å². The number of rotatable bonds is 4. The van der Waals surface area contributed by atoms with Gasteiger partial charge in [-0.05, 0) is 67.8 Å². The quantitative estimate of drug-likeness (QED) is 0.635. The lowest BCUT2D eigenvalue weighted by atomic mass is 9.53. The fourth-order valence-corrected chi connectivity index (χ4v) is 5.35. The highest BCUT2D eigenvalue weighted by Gasteiger charge is 2.51. The van der Waals surface area contributed by atoms with E-state index in [-0.39, 0.29) is 12.4 Å². The van der Waals surface area contributed by atoms with E-state index < -0.39 is 0 Å². The minimum atomic E-state index is 0. The highest BCUT2D eigenvalue weighted by molar-refractivity contribution is 6.17. The molecule has 128 valence electrons. The van der Waals surface area contributed by atoms with E-state index in [2.05, 4.69) is 23.5 Å². The third-order valence-electron chi connectivity index (χ3n) is 6.17. The van der Waals surface area contributed by atoms with Crippen LogP contribution in [-0.4, -0.2) is 25.1 Å². The van der Waals surface area contributed by atoms with Crippen molar-refractivity contribution in [3.8, 4) is 5.75 Å². The van der Waals surface area contributed by atoms with Crippen LogP contribution in [0, 0.1) is 5.92 Å². The summed E-state index contributed by atoms with van der Waals surface area (Å²) in [5, 5.41) is 3.80. The molecule has 1 saturated heterocycles. The van der Waals surface area contributed by atoms with E-state index in [4.69, 9.17) is 16.3 Å². The zero-order valence-electron chi connectivity index (χ0n) is 13.7. The number of halogens is 2. The zero-order valence-corrected chi connectivity index (χ0v) is 15.2. The van der Waals surface area contributed by atoms with Crippen LogP contribution >= 0.6 is 24.0 Å². The Hall–Kier alpha value is -0.440. The average Bonchev–Trinajstić information content (AvgIpc) is 2.55. The molecule has 2 nitrogen and oxygen atoms in total. The SMILES string of the molecule is Cl.ClCCCOc1ccc2c(c1)C13CCCCC1C(C2)NCC3. The molecule has 3 atom stereocenters. The summed E-state index contributed by atoms with van der Waals surface area (Å²) >= 11 is 5.76. The molecule has 1 aliphatic heterocycles. The molecule has 0 spiro atoms. The van der Waals surface area contributed by atoms with Gasteiger partial charge in [-0.3, -0.25) is 0 Å². The van der Waals surface area contributed by atoms with Crippen molar-refractivity contribution in [3.63, 3.8) is 0 Å². The number of hydrogen-bond donors (Lipinski definition) is 1. The Kier molecular flexibility index (Phi) is 5.45. The van der Waals surface area contributed by atoms with Crippen LogP contribution in [0.2, 0.25) is 0 Å². The van der Waals surface area contributed by atoms with Gasteiger partial charge < -0.3 is 10.1 Å². The van der Waals surface area contributed by atoms with Gasteiger partial charge in [0, 0.05) is 17.3 Å². The molecule has 2 bridgehead atoms. The fraction of sp³-hybridized carbons (Fsp3) is 0.684. The van der Waals surface area contributed by atoms with Crippen LogP contribution in [-0.2, 0) is 11.8 Å². The number of nitrogens with one attached hydrogen (secondary N) is 1. The molecule has 0 amide bonds. The second-order valence-corrected chi connectivity index (χ2v) is 7.61. The first-order valence-corrected chi connectivity index (χ1v) is 9.42. The Morgan fingerprint density at radius 1 is 1.26 bits per heavy atom. The Morgan fingerprint density at radius 3 is 3.04 bits per heavy atom. The minimum Gasteiger partial charge on any atom is -0.494 e. The molecule has 2 aliphatic carbocycles. The van der Waals surface area contributed by atoms with Crippen molar-refractivity contribution < 1.29 is 4.74 Å². The van der Waals surface area contributed by atoms with Gasteiger partial charge in [-0.2, -0.15) is 0 Å². The lowest BCUT2D eigenvalue weighted by Gasteiger charge is -2.56. The van der Waals surface area contributed by atoms with Crippen molar-refractivity contribution in [2.75, 3.05) is 19.0 Å². The van der Waals surface area contributed by atoms with E-state index >= 15 is 0 Å². The number of hydrogen-bond acceptors (Lipinski definition) is 2. The number of alkyl halides is 1. The normalized spacial score (nSPS) is 31.5. The van der Waals surface area contributed by atoms with Crippen LogP contribution in [0.3, 0.4) is 0 Å². The maximum atomic E-state index is 5.93. The molecule has 4 heteroatoms. The molecule has 1 aromatic carbocycles. The molecule has 1 heterocycles. The third kappa shape index (κ3) is 2.99. The number of fused-ring (bicyclic) bond motifs is 1. The van der Waals surface area contributed by atoms with Gasteiger partial charge in [0.15, 0.2) is 0 Å². The van der Waals surface area contributed by atoms with Crippen molar-refractivity contribution in [3.05, 3.63) is 29.3 Å². The summed E-state index contributed by atoms with van der Waals surface area (Å²) in [6.07, 6.45) is 8.97. The van der Waals surface area contributed by atoms with Gasteiger partial charge in [0.05, 0.1) is 6.61 Å². The predicted molar refractivity (Wildman–Crippen MR) is 98.3 cm³/mol. The van der Waals surface area contributed by atoms with E-state index in [0.29, 0.717) is 17.3 Å². The summed E-state index contributed by atoms with van der Waals surface area (Å²) in [7, 11) is 0. The molecule has 1 aromatic rings. The molecule has 1 N–H and O–H groups in total. The fourth-order valence-electron chi connectivity index (χ4n) is 5.24. The Labute approximate surface area is 150 Å². The van der Waals surface area contributed by atoms with Crippen LogP contribution < -0.4 is 10.1 Å². The smallest absolute Gasteiger partial charge is 0.119 e. The first kappa shape index (κ1) is 17.4. The van der Waals surface area contributed by atoms with Gasteiger partial charge in [-0.25, -0.2) is 0 Å². The molecule has 1 saturated carbocycles. The first-order valence-electron chi connectivity index (χ1n) is 8.89. The lowest BCUT2D eigenvalue weighted by molar-refractivity contribution is 0.0794. The zero-order chi connectivity index (χ0) is 15.0. The maximum absolute atomic E-state index is 5.93. The Bertz CT molecular complexity index is 546. The topological polar surface area (TPSA) is 21.3 Å². The molecule has 0 aromatic heterocycles. The molecular weight excluding hydrogens is 329 g/mol. The second kappa shape index (κ2) is 7.21. The summed E-state index contributed by atoms with van der Waals surface area (Å²) in [6, 6.07) is 7.54. The van der Waals surface area contributed by atoms with E-state index in [1.165, 1.54) is 45.1 Å². The highest BCUT2D eigenvalue weighted by atomic mass is 35.5. The van der Waals surface area contributed by atoms with Crippen molar-refractivity contribution in [2.24, 2.45) is 5.92 Å². The minimum absolute atomic E-state index is 0. The summed E-state index contributed by atoms with van der Waals surface area (Å²) < 4.78 is 5.93. The van der Waals surface area contributed by atoms with Crippen molar-refractivity contribution in [1.82, 2.24) is 5.32 Å². The van der Waals surface area contributed by atoms with Gasteiger partial charge in [0.25, 0.3) is 0 Å². The van der Waals surface area contributed by atoms with Crippen LogP contribution in [0.25, 0.3) is 0 Å². The van der Waals surface area contributed by atoms with Crippen molar-refractivity contribution >= 4 is 24.0 Å². The Morgan fingerprint density at radius 2 is 2.17 bits per heavy atom. The Balaban J connectivity index is 0.00000156. The monoisotopic (exact) mass is 355 g/mol. The summed E-state index contributed by atoms with van der Waals surface area (Å²) in [5.74, 6) is 2.55. The summed E-state index contributed by atoms with van der Waals surface area (Å²) in [5.41, 5.74) is 3.59. The van der Waals surface area contributed by atoms with E-state index in [9.17, 15) is 0 Å². The second-order valence-electron chi connectivity index (χ2n) is 7.23. The third-order valence-corrected chi connectivity index (χ3v) is 6.43. The number of piperidine rings is 1. The summed E-state index contributed by atoms with van der Waals surface area (Å²) in [6.45, 7) is 1.90. The molecular formula is C19H27Cl2NO. The van der Waals surface area contributed by atoms with Crippen LogP contribution in [0.15, 0.2) is 18.2 Å². The van der Waals surface area contributed by atoms with E-state index in [0.717, 1.165) is 24.7 Å². The van der Waals surface area contributed by atoms with Gasteiger partial charge in [-0.1, -0.05) is 18.9 Å². The van der Waals surface area contributed by atoms with Crippen LogP contribution in [0.4, 0.5) is 0 Å². The van der Waals surface area contributed by atoms with Crippen LogP contribution in [0.1, 0.15) is 49.7 Å². The molecule has 4 rings (SSSR count). The highest BCUT2D eigenvalue weighted by Crippen LogP contribution is 2.54. The van der Waals surface area contributed by atoms with Gasteiger partial charge in [0.1, 0.15) is 5.75 Å². The van der Waals surface area contributed by atoms with Gasteiger partial charge >= 0.3 is 0 Å². The maximum Gasteiger partial charge on any atom is 0.119 e. The first-order chi connectivity index (χ1) is 10.8.